The second-order valence-electron chi connectivity index (χ2n) is 9.17. The van der Waals surface area contributed by atoms with E-state index in [-0.39, 0.29) is 12.2 Å². The maximum absolute atomic E-state index is 12.6. The fourth-order valence-corrected chi connectivity index (χ4v) is 5.71. The summed E-state index contributed by atoms with van der Waals surface area (Å²) < 4.78 is 5.81. The molecule has 1 spiro atoms. The first kappa shape index (κ1) is 24.8. The second-order valence-corrected chi connectivity index (χ2v) is 10.5. The summed E-state index contributed by atoms with van der Waals surface area (Å²) in [6.07, 6.45) is 5.67. The molecule has 1 saturated carbocycles. The number of benzene rings is 1. The monoisotopic (exact) mass is 483 g/mol. The molecule has 0 N–H and O–H groups in total. The Kier molecular flexibility index (Phi) is 8.32. The van der Waals surface area contributed by atoms with Gasteiger partial charge in [-0.3, -0.25) is 4.90 Å². The Bertz CT molecular complexity index is 905. The van der Waals surface area contributed by atoms with Gasteiger partial charge in [-0.05, 0) is 24.2 Å². The van der Waals surface area contributed by atoms with Crippen LogP contribution in [0.5, 0.6) is 0 Å². The lowest BCUT2D eigenvalue weighted by atomic mass is 9.61. The molecule has 0 unspecified atom stereocenters. The van der Waals surface area contributed by atoms with Crippen LogP contribution in [-0.4, -0.2) is 77.0 Å². The molecule has 3 heterocycles. The summed E-state index contributed by atoms with van der Waals surface area (Å²) in [4.78, 5) is 29.1. The molecule has 1 aromatic carbocycles. The van der Waals surface area contributed by atoms with Crippen LogP contribution in [0.2, 0.25) is 0 Å². The minimum Gasteiger partial charge on any atom is -0.446 e. The number of anilines is 1. The lowest BCUT2D eigenvalue weighted by molar-refractivity contribution is -0.136. The molecule has 8 heteroatoms. The first-order valence-electron chi connectivity index (χ1n) is 12.5. The van der Waals surface area contributed by atoms with Crippen molar-refractivity contribution in [3.63, 3.8) is 0 Å². The zero-order valence-corrected chi connectivity index (χ0v) is 21.5. The van der Waals surface area contributed by atoms with E-state index in [1.54, 1.807) is 11.8 Å². The van der Waals surface area contributed by atoms with E-state index < -0.39 is 0 Å². The molecular formula is C26H37N5O2S. The first-order chi connectivity index (χ1) is 16.6. The standard InChI is InChI=1S/C24H31N5O2S.C2H6/c1-2-32-21-14-25-22(26-15-21)28-8-10-29(11-9-28)23(30)31-20-12-24(13-20)17-27(18-24)16-19-6-4-3-5-7-19;1-2/h3-7,14-15,20H,2,8-13,16-18H2,1H3;1-2H3. The molecule has 1 aliphatic carbocycles. The highest BCUT2D eigenvalue weighted by Crippen LogP contribution is 2.50. The van der Waals surface area contributed by atoms with Crippen LogP contribution in [0.25, 0.3) is 0 Å². The minimum absolute atomic E-state index is 0.0753. The third kappa shape index (κ3) is 5.84. The van der Waals surface area contributed by atoms with Crippen molar-refractivity contribution in [2.75, 3.05) is 49.9 Å². The van der Waals surface area contributed by atoms with E-state index in [0.717, 1.165) is 62.2 Å². The van der Waals surface area contributed by atoms with Crippen molar-refractivity contribution in [1.82, 2.24) is 19.8 Å². The van der Waals surface area contributed by atoms with Gasteiger partial charge < -0.3 is 14.5 Å². The van der Waals surface area contributed by atoms with Gasteiger partial charge in [-0.25, -0.2) is 14.8 Å². The van der Waals surface area contributed by atoms with Crippen LogP contribution in [0.4, 0.5) is 10.7 Å². The van der Waals surface area contributed by atoms with Crippen LogP contribution in [0.15, 0.2) is 47.6 Å². The van der Waals surface area contributed by atoms with E-state index in [1.807, 2.05) is 31.1 Å². The number of piperazine rings is 1. The van der Waals surface area contributed by atoms with Gasteiger partial charge in [0.15, 0.2) is 0 Å². The predicted octanol–water partition coefficient (Wildman–Crippen LogP) is 4.54. The van der Waals surface area contributed by atoms with Crippen molar-refractivity contribution >= 4 is 23.8 Å². The maximum atomic E-state index is 12.6. The van der Waals surface area contributed by atoms with Crippen LogP contribution >= 0.6 is 11.8 Å². The third-order valence-electron chi connectivity index (χ3n) is 6.70. The van der Waals surface area contributed by atoms with E-state index >= 15 is 0 Å². The average molecular weight is 484 g/mol. The maximum Gasteiger partial charge on any atom is 0.410 e. The molecule has 5 rings (SSSR count). The normalized spacial score (nSPS) is 19.6. The van der Waals surface area contributed by atoms with Gasteiger partial charge >= 0.3 is 6.09 Å². The topological polar surface area (TPSA) is 61.8 Å². The highest BCUT2D eigenvalue weighted by Gasteiger charge is 2.53. The fourth-order valence-electron chi connectivity index (χ4n) is 5.12. The van der Waals surface area contributed by atoms with E-state index in [4.69, 9.17) is 4.74 Å². The molecule has 34 heavy (non-hydrogen) atoms. The summed E-state index contributed by atoms with van der Waals surface area (Å²) in [5.41, 5.74) is 1.74. The SMILES string of the molecule is CC.CCSc1cnc(N2CCN(C(=O)OC3CC4(C3)CN(Cc3ccccc3)C4)CC2)nc1. The second kappa shape index (κ2) is 11.4. The van der Waals surface area contributed by atoms with Crippen LogP contribution < -0.4 is 4.90 Å². The largest absolute Gasteiger partial charge is 0.446 e. The minimum atomic E-state index is -0.166. The number of amides is 1. The van der Waals surface area contributed by atoms with E-state index in [2.05, 4.69) is 57.0 Å². The molecule has 184 valence electrons. The summed E-state index contributed by atoms with van der Waals surface area (Å²) in [7, 11) is 0. The predicted molar refractivity (Wildman–Crippen MR) is 137 cm³/mol. The Morgan fingerprint density at radius 2 is 1.71 bits per heavy atom. The number of ether oxygens (including phenoxy) is 1. The molecule has 0 bridgehead atoms. The molecule has 1 aromatic heterocycles. The molecule has 2 aromatic rings. The number of carbonyl (C=O) groups excluding carboxylic acids is 1. The van der Waals surface area contributed by atoms with Gasteiger partial charge in [0.1, 0.15) is 6.10 Å². The number of hydrogen-bond donors (Lipinski definition) is 0. The first-order valence-corrected chi connectivity index (χ1v) is 13.5. The van der Waals surface area contributed by atoms with Gasteiger partial charge in [-0.2, -0.15) is 0 Å². The lowest BCUT2D eigenvalue weighted by Crippen LogP contribution is -2.64. The lowest BCUT2D eigenvalue weighted by Gasteiger charge is -2.58. The number of aromatic nitrogens is 2. The van der Waals surface area contributed by atoms with Gasteiger partial charge in [0.25, 0.3) is 0 Å². The number of rotatable bonds is 6. The van der Waals surface area contributed by atoms with Crippen LogP contribution in [0.3, 0.4) is 0 Å². The summed E-state index contributed by atoms with van der Waals surface area (Å²) in [6, 6.07) is 10.6. The van der Waals surface area contributed by atoms with Gasteiger partial charge in [0.05, 0.1) is 0 Å². The molecule has 1 amide bonds. The van der Waals surface area contributed by atoms with Crippen molar-refractivity contribution in [3.8, 4) is 0 Å². The molecule has 7 nitrogen and oxygen atoms in total. The van der Waals surface area contributed by atoms with Gasteiger partial charge in [-0.15, -0.1) is 11.8 Å². The molecule has 0 atom stereocenters. The van der Waals surface area contributed by atoms with E-state index in [0.29, 0.717) is 18.5 Å². The van der Waals surface area contributed by atoms with Gasteiger partial charge in [0.2, 0.25) is 5.95 Å². The fraction of sp³-hybridized carbons (Fsp3) is 0.577. The quantitative estimate of drug-likeness (QED) is 0.559. The van der Waals surface area contributed by atoms with E-state index in [9.17, 15) is 4.79 Å². The van der Waals surface area contributed by atoms with Crippen molar-refractivity contribution < 1.29 is 9.53 Å². The summed E-state index contributed by atoms with van der Waals surface area (Å²) in [6.45, 7) is 12.1. The number of carbonyl (C=O) groups is 1. The zero-order chi connectivity index (χ0) is 24.0. The zero-order valence-electron chi connectivity index (χ0n) is 20.7. The molecule has 3 aliphatic rings. The van der Waals surface area contributed by atoms with Crippen molar-refractivity contribution in [2.45, 2.75) is 51.2 Å². The van der Waals surface area contributed by atoms with Crippen molar-refractivity contribution in [3.05, 3.63) is 48.3 Å². The smallest absolute Gasteiger partial charge is 0.410 e. The van der Waals surface area contributed by atoms with E-state index in [1.165, 1.54) is 5.56 Å². The Hall–Kier alpha value is -2.32. The number of nitrogens with zero attached hydrogens (tertiary/aromatic N) is 5. The summed E-state index contributed by atoms with van der Waals surface area (Å²) in [5, 5.41) is 0. The highest BCUT2D eigenvalue weighted by molar-refractivity contribution is 7.99. The number of likely N-dealkylation sites (tertiary alicyclic amines) is 1. The Morgan fingerprint density at radius 3 is 2.32 bits per heavy atom. The van der Waals surface area contributed by atoms with Gasteiger partial charge in [0, 0.05) is 68.5 Å². The Morgan fingerprint density at radius 1 is 1.06 bits per heavy atom. The Balaban J connectivity index is 0.00000133. The summed E-state index contributed by atoms with van der Waals surface area (Å²) >= 11 is 1.74. The average Bonchev–Trinajstić information content (AvgIpc) is 2.84. The van der Waals surface area contributed by atoms with Crippen LogP contribution in [0.1, 0.15) is 39.2 Å². The molecular weight excluding hydrogens is 446 g/mol. The Labute approximate surface area is 207 Å². The van der Waals surface area contributed by atoms with Crippen LogP contribution in [-0.2, 0) is 11.3 Å². The number of thioether (sulfide) groups is 1. The van der Waals surface area contributed by atoms with Crippen LogP contribution in [0, 0.1) is 5.41 Å². The number of hydrogen-bond acceptors (Lipinski definition) is 7. The molecule has 2 saturated heterocycles. The highest BCUT2D eigenvalue weighted by atomic mass is 32.2. The van der Waals surface area contributed by atoms with Crippen molar-refractivity contribution in [2.24, 2.45) is 5.41 Å². The van der Waals surface area contributed by atoms with Crippen molar-refractivity contribution in [1.29, 1.82) is 0 Å². The third-order valence-corrected chi connectivity index (χ3v) is 7.53. The summed E-state index contributed by atoms with van der Waals surface area (Å²) in [5.74, 6) is 1.75. The molecule has 0 radical (unpaired) electrons. The van der Waals surface area contributed by atoms with Gasteiger partial charge in [-0.1, -0.05) is 51.1 Å². The molecule has 3 fully saturated rings. The molecule has 2 aliphatic heterocycles.